The molecule has 2 aliphatic rings. The number of amides is 4. The maximum absolute atomic E-state index is 14.6. The van der Waals surface area contributed by atoms with E-state index in [-0.39, 0.29) is 22.8 Å². The van der Waals surface area contributed by atoms with Crippen molar-refractivity contribution in [1.29, 1.82) is 0 Å². The van der Waals surface area contributed by atoms with Gasteiger partial charge in [0.2, 0.25) is 0 Å². The van der Waals surface area contributed by atoms with E-state index in [9.17, 15) is 18.8 Å². The second kappa shape index (κ2) is 6.91. The Morgan fingerprint density at radius 3 is 2.53 bits per heavy atom. The Morgan fingerprint density at radius 1 is 1.27 bits per heavy atom. The standard InChI is InChI=1S/C21H18FN5O3/c1-12-9-14(11-25-17(12)23-2)26-19(29)21(7-4-8-21)27(20(26)30)13-5-6-15(16(22)10-13)18(28)24-3/h5-6,9-11H,4,7-8H2,1,3H3,(H,24,28). The predicted molar refractivity (Wildman–Crippen MR) is 107 cm³/mol. The number of nitrogens with one attached hydrogen (secondary N) is 1. The highest BCUT2D eigenvalue weighted by molar-refractivity contribution is 6.30. The van der Waals surface area contributed by atoms with Crippen LogP contribution in [-0.2, 0) is 4.79 Å². The van der Waals surface area contributed by atoms with Gasteiger partial charge in [0.1, 0.15) is 17.6 Å². The van der Waals surface area contributed by atoms with Gasteiger partial charge in [-0.2, -0.15) is 0 Å². The zero-order valence-electron chi connectivity index (χ0n) is 16.4. The Bertz CT molecular complexity index is 1140. The van der Waals surface area contributed by atoms with E-state index in [1.54, 1.807) is 13.0 Å². The number of halogens is 1. The van der Waals surface area contributed by atoms with E-state index in [1.807, 2.05) is 0 Å². The molecule has 152 valence electrons. The maximum Gasteiger partial charge on any atom is 0.337 e. The molecule has 4 rings (SSSR count). The smallest absolute Gasteiger partial charge is 0.337 e. The fourth-order valence-electron chi connectivity index (χ4n) is 3.96. The molecule has 9 heteroatoms. The summed E-state index contributed by atoms with van der Waals surface area (Å²) in [6.07, 6.45) is 3.00. The molecule has 1 aromatic carbocycles. The third-order valence-corrected chi connectivity index (χ3v) is 5.68. The third-order valence-electron chi connectivity index (χ3n) is 5.68. The molecular formula is C21H18FN5O3. The van der Waals surface area contributed by atoms with Crippen LogP contribution in [0.25, 0.3) is 4.85 Å². The number of carbonyl (C=O) groups excluding carboxylic acids is 3. The van der Waals surface area contributed by atoms with Crippen LogP contribution in [0.1, 0.15) is 35.2 Å². The molecule has 1 N–H and O–H groups in total. The molecule has 0 atom stereocenters. The van der Waals surface area contributed by atoms with E-state index in [0.717, 1.165) is 17.4 Å². The summed E-state index contributed by atoms with van der Waals surface area (Å²) in [6, 6.07) is 4.83. The summed E-state index contributed by atoms with van der Waals surface area (Å²) in [5.41, 5.74) is -0.197. The number of carbonyl (C=O) groups is 3. The van der Waals surface area contributed by atoms with E-state index in [1.165, 1.54) is 30.3 Å². The summed E-state index contributed by atoms with van der Waals surface area (Å²) in [6.45, 7) is 8.79. The van der Waals surface area contributed by atoms with Gasteiger partial charge in [0.25, 0.3) is 17.6 Å². The number of anilines is 2. The van der Waals surface area contributed by atoms with E-state index < -0.39 is 29.2 Å². The Balaban J connectivity index is 1.78. The minimum Gasteiger partial charge on any atom is -0.360 e. The lowest BCUT2D eigenvalue weighted by Gasteiger charge is -2.42. The molecule has 0 bridgehead atoms. The first-order valence-electron chi connectivity index (χ1n) is 9.38. The highest BCUT2D eigenvalue weighted by Gasteiger charge is 2.61. The van der Waals surface area contributed by atoms with Crippen molar-refractivity contribution in [2.75, 3.05) is 16.8 Å². The highest BCUT2D eigenvalue weighted by Crippen LogP contribution is 2.47. The number of aromatic nitrogens is 1. The van der Waals surface area contributed by atoms with Crippen molar-refractivity contribution in [3.8, 4) is 0 Å². The number of aryl methyl sites for hydroxylation is 1. The first kappa shape index (κ1) is 19.5. The van der Waals surface area contributed by atoms with Gasteiger partial charge in [-0.1, -0.05) is 6.57 Å². The molecule has 2 heterocycles. The summed E-state index contributed by atoms with van der Waals surface area (Å²) >= 11 is 0. The van der Waals surface area contributed by atoms with Crippen LogP contribution in [0.4, 0.5) is 26.4 Å². The fourth-order valence-corrected chi connectivity index (χ4v) is 3.96. The highest BCUT2D eigenvalue weighted by atomic mass is 19.1. The van der Waals surface area contributed by atoms with Gasteiger partial charge in [0.15, 0.2) is 0 Å². The van der Waals surface area contributed by atoms with Crippen LogP contribution < -0.4 is 15.1 Å². The summed E-state index contributed by atoms with van der Waals surface area (Å²) in [4.78, 5) is 48.1. The van der Waals surface area contributed by atoms with Gasteiger partial charge in [-0.25, -0.2) is 14.1 Å². The van der Waals surface area contributed by atoms with Gasteiger partial charge in [-0.05, 0) is 56.0 Å². The zero-order chi connectivity index (χ0) is 21.6. The Labute approximate surface area is 172 Å². The summed E-state index contributed by atoms with van der Waals surface area (Å²) in [5, 5.41) is 2.36. The van der Waals surface area contributed by atoms with Gasteiger partial charge in [0, 0.05) is 12.7 Å². The SMILES string of the molecule is [C-]#[N+]c1ncc(N2C(=O)N(c3ccc(C(=O)NC)c(F)c3)C3(CCC3)C2=O)cc1C. The molecule has 1 aliphatic heterocycles. The first-order chi connectivity index (χ1) is 14.3. The number of urea groups is 1. The minimum absolute atomic E-state index is 0.145. The van der Waals surface area contributed by atoms with Gasteiger partial charge in [0.05, 0.1) is 11.3 Å². The number of nitrogens with zero attached hydrogens (tertiary/aromatic N) is 4. The van der Waals surface area contributed by atoms with E-state index in [4.69, 9.17) is 6.57 Å². The summed E-state index contributed by atoms with van der Waals surface area (Å²) in [7, 11) is 1.40. The van der Waals surface area contributed by atoms with Crippen molar-refractivity contribution in [3.05, 3.63) is 58.8 Å². The number of hydrogen-bond donors (Lipinski definition) is 1. The summed E-state index contributed by atoms with van der Waals surface area (Å²) < 4.78 is 14.6. The lowest BCUT2D eigenvalue weighted by atomic mass is 9.75. The molecule has 30 heavy (non-hydrogen) atoms. The molecule has 1 saturated heterocycles. The number of rotatable bonds is 3. The molecule has 1 spiro atoms. The van der Waals surface area contributed by atoms with Crippen LogP contribution in [0, 0.1) is 19.3 Å². The summed E-state index contributed by atoms with van der Waals surface area (Å²) in [5.74, 6) is -1.56. The second-order valence-corrected chi connectivity index (χ2v) is 7.33. The quantitative estimate of drug-likeness (QED) is 0.625. The number of imide groups is 1. The average molecular weight is 407 g/mol. The molecule has 4 amide bonds. The molecule has 1 aromatic heterocycles. The van der Waals surface area contributed by atoms with E-state index in [0.29, 0.717) is 18.4 Å². The number of benzene rings is 1. The van der Waals surface area contributed by atoms with Crippen molar-refractivity contribution >= 4 is 35.0 Å². The zero-order valence-corrected chi connectivity index (χ0v) is 16.4. The van der Waals surface area contributed by atoms with Crippen LogP contribution in [0.3, 0.4) is 0 Å². The maximum atomic E-state index is 14.6. The van der Waals surface area contributed by atoms with Crippen LogP contribution in [0.2, 0.25) is 0 Å². The van der Waals surface area contributed by atoms with Crippen molar-refractivity contribution in [2.45, 2.75) is 31.7 Å². The molecular weight excluding hydrogens is 389 g/mol. The van der Waals surface area contributed by atoms with Gasteiger partial charge < -0.3 is 10.2 Å². The number of hydrogen-bond acceptors (Lipinski definition) is 4. The van der Waals surface area contributed by atoms with Crippen molar-refractivity contribution in [3.63, 3.8) is 0 Å². The fraction of sp³-hybridized carbons (Fsp3) is 0.286. The molecule has 0 radical (unpaired) electrons. The molecule has 8 nitrogen and oxygen atoms in total. The third kappa shape index (κ3) is 2.64. The lowest BCUT2D eigenvalue weighted by molar-refractivity contribution is -0.123. The predicted octanol–water partition coefficient (Wildman–Crippen LogP) is 3.34. The lowest BCUT2D eigenvalue weighted by Crippen LogP contribution is -2.55. The average Bonchev–Trinajstić information content (AvgIpc) is 2.94. The van der Waals surface area contributed by atoms with Gasteiger partial charge >= 0.3 is 6.03 Å². The van der Waals surface area contributed by atoms with Gasteiger partial charge in [-0.15, -0.1) is 4.98 Å². The largest absolute Gasteiger partial charge is 0.360 e. The topological polar surface area (TPSA) is 87.0 Å². The number of pyridine rings is 1. The van der Waals surface area contributed by atoms with E-state index >= 15 is 0 Å². The Morgan fingerprint density at radius 2 is 2.00 bits per heavy atom. The van der Waals surface area contributed by atoms with Crippen molar-refractivity contribution in [1.82, 2.24) is 10.3 Å². The van der Waals surface area contributed by atoms with Crippen LogP contribution in [-0.4, -0.2) is 35.4 Å². The monoisotopic (exact) mass is 407 g/mol. The van der Waals surface area contributed by atoms with Crippen LogP contribution in [0.15, 0.2) is 30.5 Å². The normalized spacial score (nSPS) is 17.1. The van der Waals surface area contributed by atoms with Crippen molar-refractivity contribution < 1.29 is 18.8 Å². The van der Waals surface area contributed by atoms with Gasteiger partial charge in [-0.3, -0.25) is 14.5 Å². The first-order valence-corrected chi connectivity index (χ1v) is 9.38. The van der Waals surface area contributed by atoms with Crippen LogP contribution >= 0.6 is 0 Å². The van der Waals surface area contributed by atoms with Crippen molar-refractivity contribution in [2.24, 2.45) is 0 Å². The molecule has 1 aliphatic carbocycles. The molecule has 1 saturated carbocycles. The molecule has 0 unspecified atom stereocenters. The van der Waals surface area contributed by atoms with Crippen LogP contribution in [0.5, 0.6) is 0 Å². The Kier molecular flexibility index (Phi) is 4.50. The molecule has 2 fully saturated rings. The van der Waals surface area contributed by atoms with E-state index in [2.05, 4.69) is 15.1 Å². The second-order valence-electron chi connectivity index (χ2n) is 7.33. The Hall–Kier alpha value is -3.80. The minimum atomic E-state index is -1.08. The molecule has 2 aromatic rings.